The molecule has 7 heteroatoms. The minimum Gasteiger partial charge on any atom is -0.331 e. The predicted molar refractivity (Wildman–Crippen MR) is 77.3 cm³/mol. The van der Waals surface area contributed by atoms with Crippen molar-refractivity contribution < 1.29 is 4.79 Å². The number of para-hydroxylation sites is 2. The zero-order valence-corrected chi connectivity index (χ0v) is 11.7. The Morgan fingerprint density at radius 3 is 2.86 bits per heavy atom. The van der Waals surface area contributed by atoms with E-state index in [4.69, 9.17) is 5.73 Å². The van der Waals surface area contributed by atoms with Crippen LogP contribution in [-0.4, -0.2) is 30.3 Å². The molecule has 0 saturated heterocycles. The summed E-state index contributed by atoms with van der Waals surface area (Å²) in [5.41, 5.74) is 8.06. The van der Waals surface area contributed by atoms with Crippen LogP contribution in [-0.2, 0) is 31.4 Å². The normalized spacial score (nSPS) is 11.1. The molecular weight excluding hydrogens is 268 g/mol. The second kappa shape index (κ2) is 5.45. The zero-order valence-electron chi connectivity index (χ0n) is 11.7. The number of carbonyl (C=O) groups is 1. The number of aromatic nitrogens is 5. The third-order valence-corrected chi connectivity index (χ3v) is 3.37. The molecule has 0 fully saturated rings. The summed E-state index contributed by atoms with van der Waals surface area (Å²) in [6.45, 7) is 0.495. The summed E-state index contributed by atoms with van der Waals surface area (Å²) < 4.78 is 3.45. The van der Waals surface area contributed by atoms with Gasteiger partial charge in [-0.05, 0) is 12.1 Å². The second-order valence-corrected chi connectivity index (χ2v) is 4.90. The zero-order chi connectivity index (χ0) is 14.8. The first-order valence-corrected chi connectivity index (χ1v) is 6.68. The van der Waals surface area contributed by atoms with E-state index in [-0.39, 0.29) is 18.7 Å². The van der Waals surface area contributed by atoms with Crippen molar-refractivity contribution in [2.75, 3.05) is 0 Å². The van der Waals surface area contributed by atoms with Crippen LogP contribution < -0.4 is 5.73 Å². The highest BCUT2D eigenvalue weighted by Crippen LogP contribution is 2.14. The van der Waals surface area contributed by atoms with E-state index in [1.165, 1.54) is 4.68 Å². The molecule has 0 saturated carbocycles. The molecular formula is C14H16N6O. The molecule has 0 unspecified atom stereocenters. The Bertz CT molecular complexity index is 788. The number of rotatable bonds is 5. The summed E-state index contributed by atoms with van der Waals surface area (Å²) in [6, 6.07) is 7.82. The number of nitrogens with two attached hydrogens (primary N) is 1. The number of carbonyl (C=O) groups excluding carboxylic acids is 1. The van der Waals surface area contributed by atoms with Crippen LogP contribution in [0.2, 0.25) is 0 Å². The van der Waals surface area contributed by atoms with Gasteiger partial charge in [0.1, 0.15) is 12.4 Å². The van der Waals surface area contributed by atoms with Crippen LogP contribution >= 0.6 is 0 Å². The van der Waals surface area contributed by atoms with Crippen molar-refractivity contribution in [1.82, 2.24) is 24.5 Å². The van der Waals surface area contributed by atoms with Gasteiger partial charge < -0.3 is 10.3 Å². The molecule has 7 nitrogen and oxygen atoms in total. The van der Waals surface area contributed by atoms with Gasteiger partial charge in [-0.1, -0.05) is 17.3 Å². The lowest BCUT2D eigenvalue weighted by Crippen LogP contribution is -2.15. The number of benzene rings is 1. The van der Waals surface area contributed by atoms with E-state index in [2.05, 4.69) is 15.3 Å². The number of imidazole rings is 1. The Hall–Kier alpha value is -2.54. The van der Waals surface area contributed by atoms with Crippen LogP contribution in [0.15, 0.2) is 30.5 Å². The summed E-state index contributed by atoms with van der Waals surface area (Å²) in [6.07, 6.45) is 1.95. The smallest absolute Gasteiger partial charge is 0.161 e. The van der Waals surface area contributed by atoms with Gasteiger partial charge in [-0.25, -0.2) is 9.67 Å². The lowest BCUT2D eigenvalue weighted by atomic mass is 10.2. The van der Waals surface area contributed by atoms with E-state index in [9.17, 15) is 4.79 Å². The van der Waals surface area contributed by atoms with Gasteiger partial charge in [0.15, 0.2) is 5.78 Å². The summed E-state index contributed by atoms with van der Waals surface area (Å²) in [5.74, 6) is 0.780. The number of ketones is 1. The summed E-state index contributed by atoms with van der Waals surface area (Å²) >= 11 is 0. The first-order valence-electron chi connectivity index (χ1n) is 6.68. The Kier molecular flexibility index (Phi) is 3.49. The fourth-order valence-corrected chi connectivity index (χ4v) is 2.28. The fourth-order valence-electron chi connectivity index (χ4n) is 2.28. The highest BCUT2D eigenvalue weighted by molar-refractivity contribution is 5.82. The Labute approximate surface area is 121 Å². The molecule has 0 aliphatic heterocycles. The van der Waals surface area contributed by atoms with Crippen LogP contribution in [0.1, 0.15) is 11.5 Å². The molecule has 0 aliphatic carbocycles. The largest absolute Gasteiger partial charge is 0.331 e. The number of aryl methyl sites for hydroxylation is 1. The number of Topliss-reactive ketones (excluding diaryl/α,β-unsaturated/α-hetero) is 1. The van der Waals surface area contributed by atoms with E-state index in [0.29, 0.717) is 12.2 Å². The molecule has 21 heavy (non-hydrogen) atoms. The first-order chi connectivity index (χ1) is 10.2. The minimum absolute atomic E-state index is 0.0295. The van der Waals surface area contributed by atoms with Gasteiger partial charge >= 0.3 is 0 Å². The van der Waals surface area contributed by atoms with Crippen LogP contribution in [0.4, 0.5) is 0 Å². The van der Waals surface area contributed by atoms with E-state index >= 15 is 0 Å². The average Bonchev–Trinajstić information content (AvgIpc) is 3.05. The molecule has 3 rings (SSSR count). The van der Waals surface area contributed by atoms with Crippen LogP contribution in [0.3, 0.4) is 0 Å². The standard InChI is InChI=1S/C14H16N6O/c1-19-13-5-3-2-4-12(13)16-14(19)6-11(21)9-20-8-10(7-15)17-18-20/h2-5,8H,6-7,9,15H2,1H3. The molecule has 0 spiro atoms. The number of hydrogen-bond donors (Lipinski definition) is 1. The third-order valence-electron chi connectivity index (χ3n) is 3.37. The maximum absolute atomic E-state index is 12.1. The van der Waals surface area contributed by atoms with Crippen molar-refractivity contribution in [3.8, 4) is 0 Å². The van der Waals surface area contributed by atoms with Crippen molar-refractivity contribution in [3.05, 3.63) is 42.0 Å². The highest BCUT2D eigenvalue weighted by atomic mass is 16.1. The SMILES string of the molecule is Cn1c(CC(=O)Cn2cc(CN)nn2)nc2ccccc21. The molecule has 2 N–H and O–H groups in total. The van der Waals surface area contributed by atoms with E-state index < -0.39 is 0 Å². The lowest BCUT2D eigenvalue weighted by Gasteiger charge is -2.02. The molecule has 2 heterocycles. The number of fused-ring (bicyclic) bond motifs is 1. The first kappa shape index (κ1) is 13.4. The van der Waals surface area contributed by atoms with E-state index in [1.54, 1.807) is 6.20 Å². The molecule has 0 bridgehead atoms. The quantitative estimate of drug-likeness (QED) is 0.733. The van der Waals surface area contributed by atoms with Crippen LogP contribution in [0.5, 0.6) is 0 Å². The minimum atomic E-state index is 0.0295. The number of hydrogen-bond acceptors (Lipinski definition) is 5. The maximum atomic E-state index is 12.1. The van der Waals surface area contributed by atoms with Crippen molar-refractivity contribution in [1.29, 1.82) is 0 Å². The molecule has 1 aromatic carbocycles. The Balaban J connectivity index is 1.75. The summed E-state index contributed by atoms with van der Waals surface area (Å²) in [5, 5.41) is 7.73. The molecule has 108 valence electrons. The molecule has 0 amide bonds. The van der Waals surface area contributed by atoms with E-state index in [1.807, 2.05) is 35.9 Å². The van der Waals surface area contributed by atoms with Gasteiger partial charge in [-0.15, -0.1) is 5.10 Å². The van der Waals surface area contributed by atoms with Crippen molar-refractivity contribution in [2.24, 2.45) is 12.8 Å². The molecule has 0 radical (unpaired) electrons. The monoisotopic (exact) mass is 284 g/mol. The van der Waals surface area contributed by atoms with Gasteiger partial charge in [0.05, 0.1) is 29.3 Å². The third kappa shape index (κ3) is 2.68. The van der Waals surface area contributed by atoms with Gasteiger partial charge in [0.25, 0.3) is 0 Å². The number of nitrogens with zero attached hydrogens (tertiary/aromatic N) is 5. The van der Waals surface area contributed by atoms with Crippen LogP contribution in [0.25, 0.3) is 11.0 Å². The molecule has 0 aliphatic rings. The fraction of sp³-hybridized carbons (Fsp3) is 0.286. The summed E-state index contributed by atoms with van der Waals surface area (Å²) in [4.78, 5) is 16.6. The summed E-state index contributed by atoms with van der Waals surface area (Å²) in [7, 11) is 1.92. The van der Waals surface area contributed by atoms with Crippen LogP contribution in [0, 0.1) is 0 Å². The maximum Gasteiger partial charge on any atom is 0.161 e. The van der Waals surface area contributed by atoms with Gasteiger partial charge in [-0.2, -0.15) is 0 Å². The topological polar surface area (TPSA) is 91.6 Å². The average molecular weight is 284 g/mol. The van der Waals surface area contributed by atoms with Crippen molar-refractivity contribution >= 4 is 16.8 Å². The molecule has 3 aromatic rings. The van der Waals surface area contributed by atoms with Gasteiger partial charge in [-0.3, -0.25) is 4.79 Å². The second-order valence-electron chi connectivity index (χ2n) is 4.90. The highest BCUT2D eigenvalue weighted by Gasteiger charge is 2.12. The molecule has 2 aromatic heterocycles. The van der Waals surface area contributed by atoms with Crippen molar-refractivity contribution in [2.45, 2.75) is 19.5 Å². The van der Waals surface area contributed by atoms with Gasteiger partial charge in [0.2, 0.25) is 0 Å². The molecule has 0 atom stereocenters. The predicted octanol–water partition coefficient (Wildman–Crippen LogP) is 0.435. The van der Waals surface area contributed by atoms with E-state index in [0.717, 1.165) is 16.9 Å². The van der Waals surface area contributed by atoms with Gasteiger partial charge in [0, 0.05) is 13.6 Å². The Morgan fingerprint density at radius 1 is 1.33 bits per heavy atom. The van der Waals surface area contributed by atoms with Crippen molar-refractivity contribution in [3.63, 3.8) is 0 Å². The lowest BCUT2D eigenvalue weighted by molar-refractivity contribution is -0.119. The Morgan fingerprint density at radius 2 is 2.14 bits per heavy atom.